The number of hydrogen-bond donors (Lipinski definition) is 4. The van der Waals surface area contributed by atoms with Gasteiger partial charge in [-0.3, -0.25) is 23.4 Å². The summed E-state index contributed by atoms with van der Waals surface area (Å²) in [4.78, 5) is 45.9. The maximum absolute atomic E-state index is 12.6. The topological polar surface area (TPSA) is 192 Å². The zero-order valence-electron chi connectivity index (χ0n) is 35.0. The number of carboxylic acid groups (broad SMARTS) is 1. The number of aliphatic hydroxyl groups excluding tert-OH is 1. The summed E-state index contributed by atoms with van der Waals surface area (Å²) in [5.74, 6) is -2.50. The summed E-state index contributed by atoms with van der Waals surface area (Å²) in [5.41, 5.74) is 5.32. The molecule has 0 saturated carbocycles. The number of allylic oxidation sites excluding steroid dienone is 9. The minimum atomic E-state index is -4.74. The number of aliphatic hydroxyl groups is 1. The van der Waals surface area contributed by atoms with Crippen molar-refractivity contribution in [2.75, 3.05) is 19.8 Å². The van der Waals surface area contributed by atoms with Gasteiger partial charge in [-0.15, -0.1) is 0 Å². The zero-order valence-corrected chi connectivity index (χ0v) is 35.9. The lowest BCUT2D eigenvalue weighted by atomic mass is 10.1. The van der Waals surface area contributed by atoms with E-state index >= 15 is 0 Å². The summed E-state index contributed by atoms with van der Waals surface area (Å²) in [5, 5.41) is 18.8. The highest BCUT2D eigenvalue weighted by Crippen LogP contribution is 2.43. The molecule has 12 nitrogen and oxygen atoms in total. The fraction of sp³-hybridized carbons (Fsp3) is 0.705. The van der Waals surface area contributed by atoms with Crippen molar-refractivity contribution in [2.24, 2.45) is 5.73 Å². The lowest BCUT2D eigenvalue weighted by molar-refractivity contribution is -0.161. The van der Waals surface area contributed by atoms with Gasteiger partial charge in [0.25, 0.3) is 0 Å². The van der Waals surface area contributed by atoms with Gasteiger partial charge in [-0.05, 0) is 64.2 Å². The van der Waals surface area contributed by atoms with Crippen LogP contribution in [0.25, 0.3) is 0 Å². The van der Waals surface area contributed by atoms with Crippen molar-refractivity contribution >= 4 is 25.7 Å². The number of unbranched alkanes of at least 4 members (excludes halogenated alkanes) is 14. The van der Waals surface area contributed by atoms with Gasteiger partial charge in [0, 0.05) is 12.8 Å². The number of aliphatic carboxylic acids is 1. The van der Waals surface area contributed by atoms with Crippen LogP contribution in [0, 0.1) is 0 Å². The molecule has 57 heavy (non-hydrogen) atoms. The van der Waals surface area contributed by atoms with Crippen LogP contribution in [0.5, 0.6) is 0 Å². The van der Waals surface area contributed by atoms with Crippen LogP contribution in [0.4, 0.5) is 0 Å². The van der Waals surface area contributed by atoms with E-state index in [0.717, 1.165) is 77.0 Å². The Morgan fingerprint density at radius 1 is 0.632 bits per heavy atom. The van der Waals surface area contributed by atoms with Crippen LogP contribution >= 0.6 is 7.82 Å². The van der Waals surface area contributed by atoms with Gasteiger partial charge in [-0.25, -0.2) is 4.57 Å². The maximum atomic E-state index is 12.6. The largest absolute Gasteiger partial charge is 0.480 e. The number of phosphoric ester groups is 1. The van der Waals surface area contributed by atoms with Gasteiger partial charge in [0.05, 0.1) is 19.3 Å². The third kappa shape index (κ3) is 38.4. The molecule has 328 valence electrons. The average Bonchev–Trinajstić information content (AvgIpc) is 3.18. The zero-order chi connectivity index (χ0) is 42.2. The average molecular weight is 826 g/mol. The molecule has 13 heteroatoms. The number of carbonyl (C=O) groups is 3. The van der Waals surface area contributed by atoms with Crippen LogP contribution in [0.15, 0.2) is 60.8 Å². The fourth-order valence-electron chi connectivity index (χ4n) is 5.40. The standard InChI is InChI=1S/C44H76NO11P/c1-3-5-7-8-9-10-11-12-13-14-17-20-23-26-30-34-42(47)53-36-40(37-54-57(51,52)55-38-41(45)44(49)50)56-43(48)35-31-27-24-21-18-15-16-19-22-25-29-33-39(46)32-28-6-4-2/h12-13,15-16,21-22,24-25,29,33,39-41,46H,3-11,14,17-20,23,26-28,30-32,34-38,45H2,1-2H3,(H,49,50)(H,51,52)/b13-12-,16-15-,24-21-,25-22-,33-29+/t39-,40+,41-/m0/s1. The second-order valence-corrected chi connectivity index (χ2v) is 15.8. The van der Waals surface area contributed by atoms with E-state index in [1.807, 2.05) is 48.6 Å². The number of rotatable bonds is 39. The molecule has 0 rings (SSSR count). The summed E-state index contributed by atoms with van der Waals surface area (Å²) in [6, 6.07) is -1.54. The summed E-state index contributed by atoms with van der Waals surface area (Å²) >= 11 is 0. The van der Waals surface area contributed by atoms with Gasteiger partial charge in [-0.1, -0.05) is 145 Å². The Labute approximate surface area is 343 Å². The molecule has 0 aliphatic carbocycles. The van der Waals surface area contributed by atoms with E-state index in [1.165, 1.54) is 38.5 Å². The van der Waals surface area contributed by atoms with Gasteiger partial charge in [0.2, 0.25) is 0 Å². The van der Waals surface area contributed by atoms with Crippen LogP contribution < -0.4 is 5.73 Å². The Hall–Kier alpha value is -2.86. The monoisotopic (exact) mass is 826 g/mol. The maximum Gasteiger partial charge on any atom is 0.472 e. The van der Waals surface area contributed by atoms with E-state index in [2.05, 4.69) is 30.5 Å². The molecule has 0 heterocycles. The molecule has 0 fully saturated rings. The van der Waals surface area contributed by atoms with Crippen LogP contribution in [0.2, 0.25) is 0 Å². The van der Waals surface area contributed by atoms with Gasteiger partial charge in [-0.2, -0.15) is 0 Å². The lowest BCUT2D eigenvalue weighted by Crippen LogP contribution is -2.34. The Kier molecular flexibility index (Phi) is 36.7. The third-order valence-electron chi connectivity index (χ3n) is 8.84. The van der Waals surface area contributed by atoms with E-state index < -0.39 is 57.2 Å². The summed E-state index contributed by atoms with van der Waals surface area (Å²) in [6.07, 6.45) is 40.5. The lowest BCUT2D eigenvalue weighted by Gasteiger charge is -2.20. The van der Waals surface area contributed by atoms with E-state index in [-0.39, 0.29) is 19.4 Å². The summed E-state index contributed by atoms with van der Waals surface area (Å²) in [6.45, 7) is 2.59. The molecule has 0 spiro atoms. The molecular formula is C44H76NO11P. The number of nitrogens with two attached hydrogens (primary N) is 1. The van der Waals surface area contributed by atoms with Crippen molar-refractivity contribution in [2.45, 2.75) is 180 Å². The first-order valence-electron chi connectivity index (χ1n) is 21.4. The number of ether oxygens (including phenoxy) is 2. The van der Waals surface area contributed by atoms with E-state index in [1.54, 1.807) is 0 Å². The molecular weight excluding hydrogens is 749 g/mol. The molecule has 0 bridgehead atoms. The molecule has 0 saturated heterocycles. The van der Waals surface area contributed by atoms with Gasteiger partial charge < -0.3 is 30.3 Å². The first kappa shape index (κ1) is 54.1. The van der Waals surface area contributed by atoms with Crippen molar-refractivity contribution in [1.29, 1.82) is 0 Å². The molecule has 5 N–H and O–H groups in total. The third-order valence-corrected chi connectivity index (χ3v) is 9.79. The highest BCUT2D eigenvalue weighted by molar-refractivity contribution is 7.47. The normalized spacial score (nSPS) is 14.9. The van der Waals surface area contributed by atoms with Crippen molar-refractivity contribution < 1.29 is 52.6 Å². The fourth-order valence-corrected chi connectivity index (χ4v) is 6.17. The van der Waals surface area contributed by atoms with E-state index in [9.17, 15) is 28.9 Å². The Morgan fingerprint density at radius 3 is 1.82 bits per heavy atom. The van der Waals surface area contributed by atoms with Gasteiger partial charge >= 0.3 is 25.7 Å². The highest BCUT2D eigenvalue weighted by Gasteiger charge is 2.28. The second-order valence-electron chi connectivity index (χ2n) is 14.3. The quantitative estimate of drug-likeness (QED) is 0.0151. The Bertz CT molecular complexity index is 1220. The Morgan fingerprint density at radius 2 is 1.16 bits per heavy atom. The van der Waals surface area contributed by atoms with Crippen LogP contribution in [-0.4, -0.2) is 71.1 Å². The highest BCUT2D eigenvalue weighted by atomic mass is 31.2. The van der Waals surface area contributed by atoms with Crippen molar-refractivity contribution in [3.63, 3.8) is 0 Å². The van der Waals surface area contributed by atoms with E-state index in [0.29, 0.717) is 19.3 Å². The molecule has 0 aromatic heterocycles. The molecule has 0 aliphatic heterocycles. The summed E-state index contributed by atoms with van der Waals surface area (Å²) < 4.78 is 32.6. The van der Waals surface area contributed by atoms with Crippen molar-refractivity contribution in [3.05, 3.63) is 60.8 Å². The van der Waals surface area contributed by atoms with Crippen LogP contribution in [-0.2, 0) is 37.5 Å². The van der Waals surface area contributed by atoms with Gasteiger partial charge in [0.1, 0.15) is 12.6 Å². The SMILES string of the molecule is CCCCCCCC/C=C\CCCCCCCC(=O)OC[C@H](COP(=O)(O)OC[C@H](N)C(=O)O)OC(=O)CCC/C=C\C/C=C\C/C=C\C=C\[C@@H](O)CCCCC. The van der Waals surface area contributed by atoms with Crippen molar-refractivity contribution in [1.82, 2.24) is 0 Å². The molecule has 4 atom stereocenters. The molecule has 0 aromatic carbocycles. The number of carboxylic acids is 1. The smallest absolute Gasteiger partial charge is 0.472 e. The van der Waals surface area contributed by atoms with Gasteiger partial charge in [0.15, 0.2) is 6.10 Å². The number of carbonyl (C=O) groups excluding carboxylic acids is 2. The Balaban J connectivity index is 4.54. The molecule has 1 unspecified atom stereocenters. The molecule has 0 radical (unpaired) electrons. The van der Waals surface area contributed by atoms with Crippen LogP contribution in [0.3, 0.4) is 0 Å². The molecule has 0 amide bonds. The summed E-state index contributed by atoms with van der Waals surface area (Å²) in [7, 11) is -4.74. The number of esters is 2. The second kappa shape index (κ2) is 38.6. The van der Waals surface area contributed by atoms with Crippen LogP contribution in [0.1, 0.15) is 162 Å². The number of hydrogen-bond acceptors (Lipinski definition) is 10. The first-order chi connectivity index (χ1) is 27.5. The predicted octanol–water partition coefficient (Wildman–Crippen LogP) is 10.1. The minimum Gasteiger partial charge on any atom is -0.480 e. The van der Waals surface area contributed by atoms with E-state index in [4.69, 9.17) is 24.8 Å². The van der Waals surface area contributed by atoms with Crippen molar-refractivity contribution in [3.8, 4) is 0 Å². The molecule has 0 aromatic rings. The minimum absolute atomic E-state index is 0.0614. The number of phosphoric acid groups is 1. The first-order valence-corrected chi connectivity index (χ1v) is 22.9. The molecule has 0 aliphatic rings. The predicted molar refractivity (Wildman–Crippen MR) is 227 cm³/mol.